The van der Waals surface area contributed by atoms with Crippen LogP contribution in [0.5, 0.6) is 0 Å². The molecule has 180 valence electrons. The standard InChI is InChI=1S/C37H27N/c1-37(2)32-16-8-9-18-35(32)38-34-22-19-25(23-31(34)30-15-10-17-33(37)36(30)38)27-21-20-26(24-11-4-3-5-12-24)28-13-6-7-14-29(27)28/h3-23H,1-2H3. The van der Waals surface area contributed by atoms with Crippen molar-refractivity contribution in [3.63, 3.8) is 0 Å². The van der Waals surface area contributed by atoms with Gasteiger partial charge in [-0.2, -0.15) is 0 Å². The molecular formula is C37H27N. The molecule has 7 aromatic rings. The third kappa shape index (κ3) is 2.82. The van der Waals surface area contributed by atoms with Crippen molar-refractivity contribution in [1.29, 1.82) is 0 Å². The summed E-state index contributed by atoms with van der Waals surface area (Å²) in [5.41, 5.74) is 11.7. The molecule has 1 aromatic heterocycles. The van der Waals surface area contributed by atoms with Crippen LogP contribution in [0, 0.1) is 0 Å². The first-order chi connectivity index (χ1) is 18.6. The van der Waals surface area contributed by atoms with E-state index in [1.165, 1.54) is 71.6 Å². The van der Waals surface area contributed by atoms with Crippen molar-refractivity contribution in [2.24, 2.45) is 0 Å². The molecule has 0 unspecified atom stereocenters. The van der Waals surface area contributed by atoms with Gasteiger partial charge in [-0.05, 0) is 62.4 Å². The minimum Gasteiger partial charge on any atom is -0.309 e. The summed E-state index contributed by atoms with van der Waals surface area (Å²) in [5.74, 6) is 0. The summed E-state index contributed by atoms with van der Waals surface area (Å²) in [6.07, 6.45) is 0. The zero-order valence-corrected chi connectivity index (χ0v) is 21.6. The van der Waals surface area contributed by atoms with E-state index in [2.05, 4.69) is 146 Å². The minimum atomic E-state index is -0.0488. The molecule has 8 rings (SSSR count). The van der Waals surface area contributed by atoms with E-state index in [4.69, 9.17) is 0 Å². The van der Waals surface area contributed by atoms with Crippen molar-refractivity contribution >= 4 is 32.6 Å². The van der Waals surface area contributed by atoms with Crippen molar-refractivity contribution in [3.8, 4) is 27.9 Å². The monoisotopic (exact) mass is 485 g/mol. The highest BCUT2D eigenvalue weighted by atomic mass is 15.0. The SMILES string of the molecule is CC1(C)c2ccccc2-n2c3ccc(-c4ccc(-c5ccccc5)c5ccccc45)cc3c3cccc1c32. The third-order valence-electron chi connectivity index (χ3n) is 8.60. The summed E-state index contributed by atoms with van der Waals surface area (Å²) in [5, 5.41) is 5.21. The molecule has 1 aliphatic rings. The van der Waals surface area contributed by atoms with Crippen LogP contribution in [0.2, 0.25) is 0 Å². The molecule has 1 aliphatic heterocycles. The van der Waals surface area contributed by atoms with Crippen molar-refractivity contribution in [3.05, 3.63) is 139 Å². The summed E-state index contributed by atoms with van der Waals surface area (Å²) < 4.78 is 2.49. The van der Waals surface area contributed by atoms with Crippen molar-refractivity contribution in [2.75, 3.05) is 0 Å². The molecular weight excluding hydrogens is 458 g/mol. The number of hydrogen-bond donors (Lipinski definition) is 0. The Kier molecular flexibility index (Phi) is 4.35. The van der Waals surface area contributed by atoms with Crippen LogP contribution in [0.3, 0.4) is 0 Å². The highest BCUT2D eigenvalue weighted by Crippen LogP contribution is 2.48. The van der Waals surface area contributed by atoms with Crippen LogP contribution >= 0.6 is 0 Å². The van der Waals surface area contributed by atoms with Gasteiger partial charge >= 0.3 is 0 Å². The molecule has 1 heteroatoms. The molecule has 2 heterocycles. The number of aromatic nitrogens is 1. The largest absolute Gasteiger partial charge is 0.309 e. The second-order valence-corrected chi connectivity index (χ2v) is 11.0. The van der Waals surface area contributed by atoms with Gasteiger partial charge in [0, 0.05) is 16.2 Å². The van der Waals surface area contributed by atoms with E-state index in [0.717, 1.165) is 0 Å². The van der Waals surface area contributed by atoms with Gasteiger partial charge in [-0.15, -0.1) is 0 Å². The van der Waals surface area contributed by atoms with Gasteiger partial charge in [0.2, 0.25) is 0 Å². The number of para-hydroxylation sites is 2. The number of rotatable bonds is 2. The van der Waals surface area contributed by atoms with E-state index in [1.54, 1.807) is 0 Å². The van der Waals surface area contributed by atoms with E-state index in [9.17, 15) is 0 Å². The second kappa shape index (κ2) is 7.69. The quantitative estimate of drug-likeness (QED) is 0.230. The molecule has 0 N–H and O–H groups in total. The molecule has 0 saturated heterocycles. The Bertz CT molecular complexity index is 2040. The number of fused-ring (bicyclic) bond motifs is 6. The molecule has 0 amide bonds. The zero-order valence-electron chi connectivity index (χ0n) is 21.6. The summed E-state index contributed by atoms with van der Waals surface area (Å²) in [6, 6.07) is 46.8. The van der Waals surface area contributed by atoms with Crippen LogP contribution in [-0.2, 0) is 5.41 Å². The van der Waals surface area contributed by atoms with Crippen LogP contribution in [-0.4, -0.2) is 4.57 Å². The normalized spacial score (nSPS) is 13.7. The van der Waals surface area contributed by atoms with Crippen molar-refractivity contribution < 1.29 is 0 Å². The molecule has 1 nitrogen and oxygen atoms in total. The smallest absolute Gasteiger partial charge is 0.0582 e. The van der Waals surface area contributed by atoms with Gasteiger partial charge in [0.05, 0.1) is 16.7 Å². The molecule has 0 spiro atoms. The predicted molar refractivity (Wildman–Crippen MR) is 161 cm³/mol. The first-order valence-corrected chi connectivity index (χ1v) is 13.4. The third-order valence-corrected chi connectivity index (χ3v) is 8.60. The van der Waals surface area contributed by atoms with Crippen LogP contribution in [0.1, 0.15) is 25.0 Å². The lowest BCUT2D eigenvalue weighted by Gasteiger charge is -2.34. The molecule has 0 radical (unpaired) electrons. The van der Waals surface area contributed by atoms with E-state index in [1.807, 2.05) is 0 Å². The molecule has 0 fully saturated rings. The Hall–Kier alpha value is -4.62. The maximum absolute atomic E-state index is 2.49. The average molecular weight is 486 g/mol. The Labute approximate surface area is 222 Å². The molecule has 0 bridgehead atoms. The lowest BCUT2D eigenvalue weighted by atomic mass is 9.75. The molecule has 0 atom stereocenters. The zero-order chi connectivity index (χ0) is 25.4. The van der Waals surface area contributed by atoms with Gasteiger partial charge in [0.25, 0.3) is 0 Å². The summed E-state index contributed by atoms with van der Waals surface area (Å²) in [4.78, 5) is 0. The van der Waals surface area contributed by atoms with Gasteiger partial charge in [-0.25, -0.2) is 0 Å². The van der Waals surface area contributed by atoms with E-state index in [-0.39, 0.29) is 5.41 Å². The Morgan fingerprint density at radius 2 is 1.11 bits per heavy atom. The summed E-state index contributed by atoms with van der Waals surface area (Å²) in [6.45, 7) is 4.71. The molecule has 6 aromatic carbocycles. The maximum atomic E-state index is 2.49. The van der Waals surface area contributed by atoms with Crippen LogP contribution in [0.4, 0.5) is 0 Å². The fraction of sp³-hybridized carbons (Fsp3) is 0.0811. The second-order valence-electron chi connectivity index (χ2n) is 11.0. The molecule has 0 saturated carbocycles. The highest BCUT2D eigenvalue weighted by molar-refractivity contribution is 6.14. The highest BCUT2D eigenvalue weighted by Gasteiger charge is 2.34. The Morgan fingerprint density at radius 3 is 1.89 bits per heavy atom. The minimum absolute atomic E-state index is 0.0488. The van der Waals surface area contributed by atoms with Gasteiger partial charge in [0.15, 0.2) is 0 Å². The molecule has 38 heavy (non-hydrogen) atoms. The summed E-state index contributed by atoms with van der Waals surface area (Å²) in [7, 11) is 0. The lowest BCUT2D eigenvalue weighted by Crippen LogP contribution is -2.26. The average Bonchev–Trinajstić information content (AvgIpc) is 3.30. The number of nitrogens with zero attached hydrogens (tertiary/aromatic N) is 1. The van der Waals surface area contributed by atoms with Gasteiger partial charge < -0.3 is 4.57 Å². The maximum Gasteiger partial charge on any atom is 0.0582 e. The van der Waals surface area contributed by atoms with Crippen molar-refractivity contribution in [1.82, 2.24) is 4.57 Å². The Balaban J connectivity index is 1.41. The van der Waals surface area contributed by atoms with E-state index < -0.39 is 0 Å². The fourth-order valence-corrected chi connectivity index (χ4v) is 6.75. The van der Waals surface area contributed by atoms with E-state index in [0.29, 0.717) is 0 Å². The van der Waals surface area contributed by atoms with Gasteiger partial charge in [0.1, 0.15) is 0 Å². The van der Waals surface area contributed by atoms with Crippen LogP contribution in [0.25, 0.3) is 60.5 Å². The molecule has 0 aliphatic carbocycles. The number of hydrogen-bond acceptors (Lipinski definition) is 0. The lowest BCUT2D eigenvalue weighted by molar-refractivity contribution is 0.630. The van der Waals surface area contributed by atoms with Gasteiger partial charge in [-0.3, -0.25) is 0 Å². The van der Waals surface area contributed by atoms with Crippen LogP contribution in [0.15, 0.2) is 127 Å². The first kappa shape index (κ1) is 21.5. The topological polar surface area (TPSA) is 4.93 Å². The van der Waals surface area contributed by atoms with Gasteiger partial charge in [-0.1, -0.05) is 123 Å². The van der Waals surface area contributed by atoms with Crippen molar-refractivity contribution in [2.45, 2.75) is 19.3 Å². The number of benzene rings is 6. The summed E-state index contributed by atoms with van der Waals surface area (Å²) >= 11 is 0. The Morgan fingerprint density at radius 1 is 0.474 bits per heavy atom. The van der Waals surface area contributed by atoms with E-state index >= 15 is 0 Å². The van der Waals surface area contributed by atoms with Crippen LogP contribution < -0.4 is 0 Å². The fourth-order valence-electron chi connectivity index (χ4n) is 6.75. The first-order valence-electron chi connectivity index (χ1n) is 13.4. The predicted octanol–water partition coefficient (Wildman–Crippen LogP) is 9.91.